The topological polar surface area (TPSA) is 49.4 Å². The van der Waals surface area contributed by atoms with Crippen molar-refractivity contribution in [1.82, 2.24) is 4.90 Å². The lowest BCUT2D eigenvalue weighted by Gasteiger charge is -2.32. The van der Waals surface area contributed by atoms with E-state index in [4.69, 9.17) is 23.2 Å². The molecule has 0 radical (unpaired) electrons. The van der Waals surface area contributed by atoms with Gasteiger partial charge in [0.1, 0.15) is 0 Å². The summed E-state index contributed by atoms with van der Waals surface area (Å²) in [5, 5.41) is 3.72. The van der Waals surface area contributed by atoms with E-state index in [1.807, 2.05) is 31.2 Å². The molecule has 2 aromatic carbocycles. The van der Waals surface area contributed by atoms with Gasteiger partial charge in [-0.15, -0.1) is 0 Å². The summed E-state index contributed by atoms with van der Waals surface area (Å²) >= 11 is 11.9. The Morgan fingerprint density at radius 2 is 1.92 bits per heavy atom. The first kappa shape index (κ1) is 18.7. The second-order valence-corrected chi connectivity index (χ2v) is 7.39. The molecule has 1 saturated heterocycles. The number of amides is 2. The molecule has 136 valence electrons. The molecule has 0 aliphatic carbocycles. The number of hydrogen-bond acceptors (Lipinski definition) is 2. The SMILES string of the molecule is Cc1cccc(NC(=O)C2CCCN(C(=O)c3ccc(Cl)c(Cl)c3)C2)c1. The van der Waals surface area contributed by atoms with Crippen LogP contribution >= 0.6 is 23.2 Å². The van der Waals surface area contributed by atoms with Gasteiger partial charge in [-0.3, -0.25) is 9.59 Å². The minimum atomic E-state index is -0.226. The lowest BCUT2D eigenvalue weighted by Crippen LogP contribution is -2.43. The maximum atomic E-state index is 12.7. The number of nitrogens with zero attached hydrogens (tertiary/aromatic N) is 1. The molecule has 3 rings (SSSR count). The van der Waals surface area contributed by atoms with E-state index in [0.29, 0.717) is 28.7 Å². The average Bonchev–Trinajstić information content (AvgIpc) is 2.63. The Morgan fingerprint density at radius 3 is 2.65 bits per heavy atom. The molecule has 0 bridgehead atoms. The van der Waals surface area contributed by atoms with Crippen molar-refractivity contribution in [2.45, 2.75) is 19.8 Å². The third kappa shape index (κ3) is 4.37. The summed E-state index contributed by atoms with van der Waals surface area (Å²) in [5.74, 6) is -0.408. The molecule has 1 atom stereocenters. The lowest BCUT2D eigenvalue weighted by molar-refractivity contribution is -0.121. The van der Waals surface area contributed by atoms with Crippen molar-refractivity contribution in [3.05, 3.63) is 63.6 Å². The number of benzene rings is 2. The first-order valence-corrected chi connectivity index (χ1v) is 9.31. The normalized spacial score (nSPS) is 17.0. The number of halogens is 2. The van der Waals surface area contributed by atoms with E-state index in [9.17, 15) is 9.59 Å². The Kier molecular flexibility index (Phi) is 5.84. The summed E-state index contributed by atoms with van der Waals surface area (Å²) in [6.07, 6.45) is 1.56. The van der Waals surface area contributed by atoms with Gasteiger partial charge in [-0.1, -0.05) is 35.3 Å². The molecule has 2 aromatic rings. The summed E-state index contributed by atoms with van der Waals surface area (Å²) in [5.41, 5.74) is 2.35. The van der Waals surface area contributed by atoms with Crippen LogP contribution in [-0.2, 0) is 4.79 Å². The summed E-state index contributed by atoms with van der Waals surface area (Å²) in [6.45, 7) is 3.01. The van der Waals surface area contributed by atoms with Gasteiger partial charge in [0.05, 0.1) is 16.0 Å². The van der Waals surface area contributed by atoms with E-state index in [2.05, 4.69) is 5.32 Å². The number of hydrogen-bond donors (Lipinski definition) is 1. The van der Waals surface area contributed by atoms with Crippen molar-refractivity contribution < 1.29 is 9.59 Å². The molecule has 0 spiro atoms. The maximum absolute atomic E-state index is 12.7. The number of carbonyl (C=O) groups excluding carboxylic acids is 2. The monoisotopic (exact) mass is 390 g/mol. The average molecular weight is 391 g/mol. The summed E-state index contributed by atoms with van der Waals surface area (Å²) in [4.78, 5) is 27.0. The van der Waals surface area contributed by atoms with E-state index >= 15 is 0 Å². The van der Waals surface area contributed by atoms with Gasteiger partial charge in [0.15, 0.2) is 0 Å². The van der Waals surface area contributed by atoms with Gasteiger partial charge in [-0.05, 0) is 55.7 Å². The Morgan fingerprint density at radius 1 is 1.12 bits per heavy atom. The third-order valence-corrected chi connectivity index (χ3v) is 5.27. The number of nitrogens with one attached hydrogen (secondary N) is 1. The van der Waals surface area contributed by atoms with Crippen molar-refractivity contribution in [2.24, 2.45) is 5.92 Å². The predicted molar refractivity (Wildman–Crippen MR) is 105 cm³/mol. The van der Waals surface area contributed by atoms with E-state index in [1.165, 1.54) is 0 Å². The predicted octanol–water partition coefficient (Wildman–Crippen LogP) is 4.79. The molecule has 1 unspecified atom stereocenters. The highest BCUT2D eigenvalue weighted by Gasteiger charge is 2.29. The van der Waals surface area contributed by atoms with E-state index in [0.717, 1.165) is 24.1 Å². The molecule has 1 fully saturated rings. The van der Waals surface area contributed by atoms with Gasteiger partial charge in [0, 0.05) is 24.3 Å². The van der Waals surface area contributed by atoms with Crippen LogP contribution in [0.4, 0.5) is 5.69 Å². The molecule has 2 amide bonds. The summed E-state index contributed by atoms with van der Waals surface area (Å²) in [6, 6.07) is 12.5. The molecule has 4 nitrogen and oxygen atoms in total. The van der Waals surface area contributed by atoms with Gasteiger partial charge in [-0.25, -0.2) is 0 Å². The lowest BCUT2D eigenvalue weighted by atomic mass is 9.96. The smallest absolute Gasteiger partial charge is 0.253 e. The van der Waals surface area contributed by atoms with Crippen LogP contribution in [0.25, 0.3) is 0 Å². The second kappa shape index (κ2) is 8.11. The van der Waals surface area contributed by atoms with E-state index < -0.39 is 0 Å². The van der Waals surface area contributed by atoms with Gasteiger partial charge < -0.3 is 10.2 Å². The van der Waals surface area contributed by atoms with Crippen LogP contribution in [0.1, 0.15) is 28.8 Å². The number of rotatable bonds is 3. The standard InChI is InChI=1S/C20H20Cl2N2O2/c1-13-4-2-6-16(10-13)23-19(25)15-5-3-9-24(12-15)20(26)14-7-8-17(21)18(22)11-14/h2,4,6-8,10-11,15H,3,5,9,12H2,1H3,(H,23,25). The highest BCUT2D eigenvalue weighted by atomic mass is 35.5. The van der Waals surface area contributed by atoms with Gasteiger partial charge in [-0.2, -0.15) is 0 Å². The van der Waals surface area contributed by atoms with Crippen molar-refractivity contribution >= 4 is 40.7 Å². The Labute approximate surface area is 163 Å². The summed E-state index contributed by atoms with van der Waals surface area (Å²) in [7, 11) is 0. The molecule has 0 aromatic heterocycles. The van der Waals surface area contributed by atoms with Crippen molar-refractivity contribution in [1.29, 1.82) is 0 Å². The van der Waals surface area contributed by atoms with Crippen LogP contribution in [0.3, 0.4) is 0 Å². The maximum Gasteiger partial charge on any atom is 0.253 e. The number of aryl methyl sites for hydroxylation is 1. The third-order valence-electron chi connectivity index (χ3n) is 4.53. The molecule has 1 aliphatic heterocycles. The molecule has 26 heavy (non-hydrogen) atoms. The molecule has 1 heterocycles. The number of piperidine rings is 1. The highest BCUT2D eigenvalue weighted by Crippen LogP contribution is 2.25. The second-order valence-electron chi connectivity index (χ2n) is 6.58. The van der Waals surface area contributed by atoms with E-state index in [-0.39, 0.29) is 17.7 Å². The van der Waals surface area contributed by atoms with Gasteiger partial charge in [0.25, 0.3) is 5.91 Å². The molecular weight excluding hydrogens is 371 g/mol. The quantitative estimate of drug-likeness (QED) is 0.818. The fourth-order valence-corrected chi connectivity index (χ4v) is 3.45. The van der Waals surface area contributed by atoms with Crippen molar-refractivity contribution in [3.8, 4) is 0 Å². The van der Waals surface area contributed by atoms with Crippen LogP contribution in [-0.4, -0.2) is 29.8 Å². The summed E-state index contributed by atoms with van der Waals surface area (Å²) < 4.78 is 0. The number of carbonyl (C=O) groups is 2. The Hall–Kier alpha value is -2.04. The van der Waals surface area contributed by atoms with Crippen molar-refractivity contribution in [3.63, 3.8) is 0 Å². The van der Waals surface area contributed by atoms with Gasteiger partial charge >= 0.3 is 0 Å². The zero-order valence-corrected chi connectivity index (χ0v) is 16.0. The van der Waals surface area contributed by atoms with Gasteiger partial charge in [0.2, 0.25) is 5.91 Å². The van der Waals surface area contributed by atoms with Crippen LogP contribution < -0.4 is 5.32 Å². The van der Waals surface area contributed by atoms with E-state index in [1.54, 1.807) is 23.1 Å². The molecule has 6 heteroatoms. The molecule has 1 aliphatic rings. The largest absolute Gasteiger partial charge is 0.338 e. The Bertz CT molecular complexity index is 838. The zero-order chi connectivity index (χ0) is 18.7. The minimum absolute atomic E-state index is 0.0535. The fourth-order valence-electron chi connectivity index (χ4n) is 3.15. The number of likely N-dealkylation sites (tertiary alicyclic amines) is 1. The first-order valence-electron chi connectivity index (χ1n) is 8.56. The molecular formula is C20H20Cl2N2O2. The number of anilines is 1. The Balaban J connectivity index is 1.67. The van der Waals surface area contributed by atoms with Crippen LogP contribution in [0.15, 0.2) is 42.5 Å². The fraction of sp³-hybridized carbons (Fsp3) is 0.300. The van der Waals surface area contributed by atoms with Crippen LogP contribution in [0.5, 0.6) is 0 Å². The minimum Gasteiger partial charge on any atom is -0.338 e. The van der Waals surface area contributed by atoms with Crippen molar-refractivity contribution in [2.75, 3.05) is 18.4 Å². The highest BCUT2D eigenvalue weighted by molar-refractivity contribution is 6.42. The van der Waals surface area contributed by atoms with Crippen LogP contribution in [0.2, 0.25) is 10.0 Å². The first-order chi connectivity index (χ1) is 12.4. The molecule has 1 N–H and O–H groups in total. The zero-order valence-electron chi connectivity index (χ0n) is 14.5. The van der Waals surface area contributed by atoms with Crippen LogP contribution in [0, 0.1) is 12.8 Å². The molecule has 0 saturated carbocycles.